The van der Waals surface area contributed by atoms with E-state index in [9.17, 15) is 9.59 Å². The molecule has 1 aromatic carbocycles. The molecule has 0 aliphatic carbocycles. The SMILES string of the molecule is CC(C)[C@@](C)(Cc1ccc(Cl)cc1)NC(=O)[C@@H]1CCC(=O)N1. The topological polar surface area (TPSA) is 58.2 Å². The monoisotopic (exact) mass is 322 g/mol. The molecule has 2 atom stereocenters. The van der Waals surface area contributed by atoms with Crippen molar-refractivity contribution in [1.82, 2.24) is 10.6 Å². The van der Waals surface area contributed by atoms with E-state index in [1.807, 2.05) is 31.2 Å². The number of benzene rings is 1. The van der Waals surface area contributed by atoms with E-state index in [1.54, 1.807) is 0 Å². The number of carbonyl (C=O) groups excluding carboxylic acids is 2. The molecule has 4 nitrogen and oxygen atoms in total. The fraction of sp³-hybridized carbons (Fsp3) is 0.529. The third-order valence-electron chi connectivity index (χ3n) is 4.48. The van der Waals surface area contributed by atoms with Crippen LogP contribution in [0.25, 0.3) is 0 Å². The summed E-state index contributed by atoms with van der Waals surface area (Å²) in [6.07, 6.45) is 1.71. The Balaban J connectivity index is 2.08. The normalized spacial score (nSPS) is 20.6. The number of hydrogen-bond acceptors (Lipinski definition) is 2. The Morgan fingerprint density at radius 2 is 2.05 bits per heavy atom. The number of amides is 2. The van der Waals surface area contributed by atoms with E-state index in [0.29, 0.717) is 24.3 Å². The minimum absolute atomic E-state index is 0.0518. The summed E-state index contributed by atoms with van der Waals surface area (Å²) >= 11 is 5.92. The highest BCUT2D eigenvalue weighted by Crippen LogP contribution is 2.24. The molecule has 0 aromatic heterocycles. The van der Waals surface area contributed by atoms with Crippen LogP contribution in [0.5, 0.6) is 0 Å². The Kier molecular flexibility index (Phi) is 5.12. The van der Waals surface area contributed by atoms with Gasteiger partial charge in [-0.2, -0.15) is 0 Å². The summed E-state index contributed by atoms with van der Waals surface area (Å²) in [5, 5.41) is 6.55. The van der Waals surface area contributed by atoms with E-state index in [2.05, 4.69) is 24.5 Å². The van der Waals surface area contributed by atoms with Gasteiger partial charge in [-0.25, -0.2) is 0 Å². The molecule has 5 heteroatoms. The van der Waals surface area contributed by atoms with Crippen LogP contribution in [-0.2, 0) is 16.0 Å². The van der Waals surface area contributed by atoms with Gasteiger partial charge >= 0.3 is 0 Å². The molecular weight excluding hydrogens is 300 g/mol. The molecule has 1 saturated heterocycles. The predicted octanol–water partition coefficient (Wildman–Crippen LogP) is 2.69. The molecule has 0 bridgehead atoms. The van der Waals surface area contributed by atoms with Crippen LogP contribution in [0.15, 0.2) is 24.3 Å². The molecular formula is C17H23ClN2O2. The third kappa shape index (κ3) is 4.01. The van der Waals surface area contributed by atoms with Crippen LogP contribution in [0.1, 0.15) is 39.2 Å². The van der Waals surface area contributed by atoms with Crippen molar-refractivity contribution in [3.8, 4) is 0 Å². The quantitative estimate of drug-likeness (QED) is 0.875. The van der Waals surface area contributed by atoms with Crippen LogP contribution in [0.4, 0.5) is 0 Å². The highest BCUT2D eigenvalue weighted by molar-refractivity contribution is 6.30. The van der Waals surface area contributed by atoms with E-state index in [0.717, 1.165) is 5.56 Å². The summed E-state index contributed by atoms with van der Waals surface area (Å²) in [6, 6.07) is 7.27. The lowest BCUT2D eigenvalue weighted by Gasteiger charge is -2.36. The van der Waals surface area contributed by atoms with E-state index < -0.39 is 6.04 Å². The van der Waals surface area contributed by atoms with Crippen molar-refractivity contribution in [2.75, 3.05) is 0 Å². The van der Waals surface area contributed by atoms with Gasteiger partial charge in [-0.1, -0.05) is 37.6 Å². The molecule has 0 spiro atoms. The number of carbonyl (C=O) groups is 2. The van der Waals surface area contributed by atoms with Crippen molar-refractivity contribution in [2.45, 2.75) is 51.6 Å². The Labute approximate surface area is 136 Å². The van der Waals surface area contributed by atoms with Crippen LogP contribution >= 0.6 is 11.6 Å². The average molecular weight is 323 g/mol. The maximum atomic E-state index is 12.4. The second kappa shape index (κ2) is 6.69. The highest BCUT2D eigenvalue weighted by atomic mass is 35.5. The van der Waals surface area contributed by atoms with Gasteiger partial charge in [0.2, 0.25) is 11.8 Å². The number of halogens is 1. The number of rotatable bonds is 5. The van der Waals surface area contributed by atoms with E-state index in [1.165, 1.54) is 0 Å². The van der Waals surface area contributed by atoms with Gasteiger partial charge in [0, 0.05) is 17.0 Å². The van der Waals surface area contributed by atoms with Gasteiger partial charge in [-0.3, -0.25) is 9.59 Å². The summed E-state index contributed by atoms with van der Waals surface area (Å²) in [5.74, 6) is 0.101. The summed E-state index contributed by atoms with van der Waals surface area (Å²) in [6.45, 7) is 6.22. The van der Waals surface area contributed by atoms with Crippen molar-refractivity contribution in [1.29, 1.82) is 0 Å². The summed E-state index contributed by atoms with van der Waals surface area (Å²) < 4.78 is 0. The smallest absolute Gasteiger partial charge is 0.243 e. The van der Waals surface area contributed by atoms with Crippen LogP contribution < -0.4 is 10.6 Å². The lowest BCUT2D eigenvalue weighted by Crippen LogP contribution is -2.56. The van der Waals surface area contributed by atoms with E-state index in [4.69, 9.17) is 11.6 Å². The summed E-state index contributed by atoms with van der Waals surface area (Å²) in [5.41, 5.74) is 0.745. The van der Waals surface area contributed by atoms with Gasteiger partial charge in [-0.05, 0) is 43.4 Å². The van der Waals surface area contributed by atoms with Crippen molar-refractivity contribution < 1.29 is 9.59 Å². The van der Waals surface area contributed by atoms with Crippen LogP contribution in [0.3, 0.4) is 0 Å². The standard InChI is InChI=1S/C17H23ClN2O2/c1-11(2)17(3,10-12-4-6-13(18)7-5-12)20-16(22)14-8-9-15(21)19-14/h4-7,11,14H,8-10H2,1-3H3,(H,19,21)(H,20,22)/t14-,17+/m0/s1. The van der Waals surface area contributed by atoms with Crippen LogP contribution in [0.2, 0.25) is 5.02 Å². The lowest BCUT2D eigenvalue weighted by atomic mass is 9.82. The van der Waals surface area contributed by atoms with Crippen molar-refractivity contribution in [3.63, 3.8) is 0 Å². The largest absolute Gasteiger partial charge is 0.349 e. The molecule has 0 radical (unpaired) electrons. The first-order valence-electron chi connectivity index (χ1n) is 7.66. The predicted molar refractivity (Wildman–Crippen MR) is 87.7 cm³/mol. The number of nitrogens with one attached hydrogen (secondary N) is 2. The summed E-state index contributed by atoms with van der Waals surface area (Å²) in [7, 11) is 0. The highest BCUT2D eigenvalue weighted by Gasteiger charge is 2.35. The molecule has 1 aliphatic rings. The Hall–Kier alpha value is -1.55. The first-order chi connectivity index (χ1) is 10.3. The molecule has 1 aromatic rings. The Morgan fingerprint density at radius 3 is 2.55 bits per heavy atom. The summed E-state index contributed by atoms with van der Waals surface area (Å²) in [4.78, 5) is 23.7. The lowest BCUT2D eigenvalue weighted by molar-refractivity contribution is -0.127. The molecule has 120 valence electrons. The van der Waals surface area contributed by atoms with E-state index in [-0.39, 0.29) is 23.3 Å². The zero-order valence-electron chi connectivity index (χ0n) is 13.3. The fourth-order valence-electron chi connectivity index (χ4n) is 2.60. The Bertz CT molecular complexity index is 556. The first kappa shape index (κ1) is 16.8. The minimum Gasteiger partial charge on any atom is -0.349 e. The third-order valence-corrected chi connectivity index (χ3v) is 4.73. The maximum Gasteiger partial charge on any atom is 0.243 e. The van der Waals surface area contributed by atoms with Gasteiger partial charge in [0.15, 0.2) is 0 Å². The number of hydrogen-bond donors (Lipinski definition) is 2. The first-order valence-corrected chi connectivity index (χ1v) is 8.04. The molecule has 2 amide bonds. The molecule has 1 aliphatic heterocycles. The fourth-order valence-corrected chi connectivity index (χ4v) is 2.72. The molecule has 0 saturated carbocycles. The van der Waals surface area contributed by atoms with Crippen molar-refractivity contribution in [2.24, 2.45) is 5.92 Å². The molecule has 22 heavy (non-hydrogen) atoms. The van der Waals surface area contributed by atoms with Gasteiger partial charge in [0.25, 0.3) is 0 Å². The zero-order chi connectivity index (χ0) is 16.3. The molecule has 1 fully saturated rings. The van der Waals surface area contributed by atoms with Crippen LogP contribution in [0, 0.1) is 5.92 Å². The molecule has 0 unspecified atom stereocenters. The Morgan fingerprint density at radius 1 is 1.41 bits per heavy atom. The minimum atomic E-state index is -0.407. The molecule has 2 N–H and O–H groups in total. The average Bonchev–Trinajstić information content (AvgIpc) is 2.88. The molecule has 1 heterocycles. The second-order valence-electron chi connectivity index (χ2n) is 6.52. The van der Waals surface area contributed by atoms with Gasteiger partial charge in [0.05, 0.1) is 0 Å². The van der Waals surface area contributed by atoms with Crippen LogP contribution in [-0.4, -0.2) is 23.4 Å². The van der Waals surface area contributed by atoms with Gasteiger partial charge < -0.3 is 10.6 Å². The zero-order valence-corrected chi connectivity index (χ0v) is 14.0. The second-order valence-corrected chi connectivity index (χ2v) is 6.96. The van der Waals surface area contributed by atoms with E-state index >= 15 is 0 Å². The maximum absolute atomic E-state index is 12.4. The van der Waals surface area contributed by atoms with Crippen molar-refractivity contribution in [3.05, 3.63) is 34.9 Å². The van der Waals surface area contributed by atoms with Crippen molar-refractivity contribution >= 4 is 23.4 Å². The van der Waals surface area contributed by atoms with Gasteiger partial charge in [0.1, 0.15) is 6.04 Å². The van der Waals surface area contributed by atoms with Gasteiger partial charge in [-0.15, -0.1) is 0 Å². The molecule has 2 rings (SSSR count).